The van der Waals surface area contributed by atoms with Gasteiger partial charge in [-0.3, -0.25) is 0 Å². The highest BCUT2D eigenvalue weighted by molar-refractivity contribution is 7.99. The second kappa shape index (κ2) is 7.44. The minimum atomic E-state index is 0.795. The van der Waals surface area contributed by atoms with Crippen LogP contribution in [0, 0.1) is 13.8 Å². The highest BCUT2D eigenvalue weighted by Crippen LogP contribution is 2.34. The number of nitrogens with zero attached hydrogens (tertiary/aromatic N) is 3. The molecule has 0 aliphatic carbocycles. The van der Waals surface area contributed by atoms with Gasteiger partial charge in [0.25, 0.3) is 0 Å². The zero-order valence-electron chi connectivity index (χ0n) is 14.3. The van der Waals surface area contributed by atoms with Crippen molar-refractivity contribution in [2.75, 3.05) is 7.11 Å². The number of hydrogen-bond acceptors (Lipinski definition) is 5. The highest BCUT2D eigenvalue weighted by Gasteiger charge is 2.17. The van der Waals surface area contributed by atoms with Gasteiger partial charge in [-0.25, -0.2) is 4.68 Å². The van der Waals surface area contributed by atoms with Crippen LogP contribution in [0.1, 0.15) is 16.8 Å². The molecule has 1 aromatic heterocycles. The number of hydrogen-bond donors (Lipinski definition) is 1. The van der Waals surface area contributed by atoms with E-state index in [1.807, 2.05) is 60.1 Å². The smallest absolute Gasteiger partial charge is 0.118 e. The molecule has 0 spiro atoms. The molecule has 5 nitrogen and oxygen atoms in total. The van der Waals surface area contributed by atoms with E-state index in [0.29, 0.717) is 0 Å². The van der Waals surface area contributed by atoms with E-state index in [-0.39, 0.29) is 0 Å². The molecular weight excluding hydrogens is 334 g/mol. The summed E-state index contributed by atoms with van der Waals surface area (Å²) < 4.78 is 7.08. The lowest BCUT2D eigenvalue weighted by atomic mass is 10.2. The molecule has 128 valence electrons. The summed E-state index contributed by atoms with van der Waals surface area (Å²) >= 11 is 1.56. The van der Waals surface area contributed by atoms with Crippen LogP contribution in [0.15, 0.2) is 63.6 Å². The van der Waals surface area contributed by atoms with E-state index >= 15 is 0 Å². The molecule has 1 heterocycles. The largest absolute Gasteiger partial charge is 0.497 e. The lowest BCUT2D eigenvalue weighted by Gasteiger charge is -2.09. The van der Waals surface area contributed by atoms with E-state index < -0.39 is 0 Å². The fourth-order valence-electron chi connectivity index (χ4n) is 2.44. The third-order valence-electron chi connectivity index (χ3n) is 3.80. The van der Waals surface area contributed by atoms with Gasteiger partial charge < -0.3 is 9.94 Å². The van der Waals surface area contributed by atoms with Crippen molar-refractivity contribution in [3.05, 3.63) is 65.4 Å². The Morgan fingerprint density at radius 2 is 1.76 bits per heavy atom. The summed E-state index contributed by atoms with van der Waals surface area (Å²) in [5.74, 6) is 0.810. The molecule has 0 saturated carbocycles. The van der Waals surface area contributed by atoms with Crippen molar-refractivity contribution in [1.82, 2.24) is 9.78 Å². The lowest BCUT2D eigenvalue weighted by molar-refractivity contribution is 0.321. The average molecular weight is 353 g/mol. The van der Waals surface area contributed by atoms with Crippen LogP contribution in [0.4, 0.5) is 0 Å². The topological polar surface area (TPSA) is 59.6 Å². The summed E-state index contributed by atoms with van der Waals surface area (Å²) in [6, 6.07) is 16.0. The van der Waals surface area contributed by atoms with Crippen LogP contribution in [0.2, 0.25) is 0 Å². The molecule has 1 N–H and O–H groups in total. The highest BCUT2D eigenvalue weighted by atomic mass is 32.2. The van der Waals surface area contributed by atoms with Crippen molar-refractivity contribution in [2.45, 2.75) is 23.8 Å². The molecule has 0 amide bonds. The third-order valence-corrected chi connectivity index (χ3v) is 4.90. The van der Waals surface area contributed by atoms with Gasteiger partial charge in [-0.2, -0.15) is 5.10 Å². The zero-order valence-corrected chi connectivity index (χ0v) is 15.1. The molecule has 0 fully saturated rings. The van der Waals surface area contributed by atoms with Crippen molar-refractivity contribution in [2.24, 2.45) is 5.16 Å². The van der Waals surface area contributed by atoms with Gasteiger partial charge in [0.15, 0.2) is 0 Å². The SMILES string of the molecule is COc1ccc(Sc2c(C=NO)c(C)nn2-c2ccc(C)cc2)cc1. The fourth-order valence-corrected chi connectivity index (χ4v) is 3.48. The standard InChI is InChI=1S/C19H19N3O2S/c1-13-4-6-15(7-5-13)22-19(18(12-20-23)14(2)21-22)25-17-10-8-16(24-3)9-11-17/h4-12,23H,1-3H3. The molecule has 3 aromatic rings. The third kappa shape index (κ3) is 3.69. The molecule has 2 aromatic carbocycles. The number of oxime groups is 1. The Bertz CT molecular complexity index is 884. The summed E-state index contributed by atoms with van der Waals surface area (Å²) in [5.41, 5.74) is 3.75. The minimum absolute atomic E-state index is 0.795. The first kappa shape index (κ1) is 17.1. The van der Waals surface area contributed by atoms with Crippen LogP contribution in [-0.2, 0) is 0 Å². The van der Waals surface area contributed by atoms with Crippen molar-refractivity contribution >= 4 is 18.0 Å². The van der Waals surface area contributed by atoms with Crippen molar-refractivity contribution in [1.29, 1.82) is 0 Å². The summed E-state index contributed by atoms with van der Waals surface area (Å²) in [5, 5.41) is 17.8. The van der Waals surface area contributed by atoms with Gasteiger partial charge in [0, 0.05) is 4.90 Å². The van der Waals surface area contributed by atoms with E-state index in [1.54, 1.807) is 18.9 Å². The van der Waals surface area contributed by atoms with Gasteiger partial charge in [0.05, 0.1) is 30.3 Å². The second-order valence-corrected chi connectivity index (χ2v) is 6.64. The van der Waals surface area contributed by atoms with Crippen LogP contribution < -0.4 is 4.74 Å². The van der Waals surface area contributed by atoms with Gasteiger partial charge in [0.1, 0.15) is 10.8 Å². The Hall–Kier alpha value is -2.73. The first-order valence-electron chi connectivity index (χ1n) is 7.78. The maximum atomic E-state index is 9.03. The number of ether oxygens (including phenoxy) is 1. The quantitative estimate of drug-likeness (QED) is 0.418. The van der Waals surface area contributed by atoms with Crippen molar-refractivity contribution in [3.8, 4) is 11.4 Å². The maximum absolute atomic E-state index is 9.03. The summed E-state index contributed by atoms with van der Waals surface area (Å²) in [7, 11) is 1.65. The van der Waals surface area contributed by atoms with E-state index in [1.165, 1.54) is 11.8 Å². The number of aryl methyl sites for hydroxylation is 2. The molecule has 0 aliphatic rings. The maximum Gasteiger partial charge on any atom is 0.118 e. The van der Waals surface area contributed by atoms with Crippen LogP contribution >= 0.6 is 11.8 Å². The summed E-state index contributed by atoms with van der Waals surface area (Å²) in [6.45, 7) is 3.95. The Labute approximate surface area is 150 Å². The number of methoxy groups -OCH3 is 1. The van der Waals surface area contributed by atoms with Gasteiger partial charge in [0.2, 0.25) is 0 Å². The molecule has 0 aliphatic heterocycles. The Morgan fingerprint density at radius 3 is 2.36 bits per heavy atom. The van der Waals surface area contributed by atoms with Gasteiger partial charge >= 0.3 is 0 Å². The second-order valence-electron chi connectivity index (χ2n) is 5.57. The van der Waals surface area contributed by atoms with E-state index in [0.717, 1.165) is 32.6 Å². The fraction of sp³-hybridized carbons (Fsp3) is 0.158. The van der Waals surface area contributed by atoms with Crippen LogP contribution in [-0.4, -0.2) is 28.3 Å². The number of aromatic nitrogens is 2. The normalized spacial score (nSPS) is 11.2. The molecule has 6 heteroatoms. The first-order valence-corrected chi connectivity index (χ1v) is 8.60. The Balaban J connectivity index is 2.06. The Kier molecular flexibility index (Phi) is 5.09. The predicted octanol–water partition coefficient (Wildman–Crippen LogP) is 4.46. The summed E-state index contributed by atoms with van der Waals surface area (Å²) in [6.07, 6.45) is 1.43. The zero-order chi connectivity index (χ0) is 17.8. The van der Waals surface area contributed by atoms with Gasteiger partial charge in [-0.15, -0.1) is 0 Å². The molecule has 0 unspecified atom stereocenters. The Morgan fingerprint density at radius 1 is 1.08 bits per heavy atom. The van der Waals surface area contributed by atoms with Crippen LogP contribution in [0.25, 0.3) is 5.69 Å². The molecule has 0 saturated heterocycles. The lowest BCUT2D eigenvalue weighted by Crippen LogP contribution is -1.99. The molecular formula is C19H19N3O2S. The minimum Gasteiger partial charge on any atom is -0.497 e. The first-order chi connectivity index (χ1) is 12.1. The van der Waals surface area contributed by atoms with Gasteiger partial charge in [-0.1, -0.05) is 34.6 Å². The van der Waals surface area contributed by atoms with E-state index in [4.69, 9.17) is 9.94 Å². The summed E-state index contributed by atoms with van der Waals surface area (Å²) in [4.78, 5) is 1.04. The molecule has 0 bridgehead atoms. The predicted molar refractivity (Wildman–Crippen MR) is 99.5 cm³/mol. The van der Waals surface area contributed by atoms with Crippen molar-refractivity contribution < 1.29 is 9.94 Å². The van der Waals surface area contributed by atoms with Crippen LogP contribution in [0.3, 0.4) is 0 Å². The van der Waals surface area contributed by atoms with Crippen molar-refractivity contribution in [3.63, 3.8) is 0 Å². The molecule has 25 heavy (non-hydrogen) atoms. The van der Waals surface area contributed by atoms with E-state index in [2.05, 4.69) is 17.2 Å². The average Bonchev–Trinajstić information content (AvgIpc) is 2.93. The molecule has 0 atom stereocenters. The van der Waals surface area contributed by atoms with Crippen LogP contribution in [0.5, 0.6) is 5.75 Å². The van der Waals surface area contributed by atoms with Gasteiger partial charge in [-0.05, 0) is 50.2 Å². The number of rotatable bonds is 5. The molecule has 3 rings (SSSR count). The molecule has 0 radical (unpaired) electrons. The number of benzene rings is 2. The monoisotopic (exact) mass is 353 g/mol. The van der Waals surface area contributed by atoms with E-state index in [9.17, 15) is 0 Å².